The standard InChI is InChI=1S/C30H38FN3O5/c1-29(8-3-9-29)16-33-27(36)24-17-4-5-18(12-17)25(24)34-26(35)21-14-23(19(15-32)13-22(21)31)39-20-6-10-30(2,11-7-20)28(37)38/h13-14,17-18,20,24-25H,3-12,16H2,1-2H3,(H,33,36)(H,34,35)(H,37,38)/t17-,18+,20-,24-,25+,30+/m0/s1. The Morgan fingerprint density at radius 2 is 1.79 bits per heavy atom. The van der Waals surface area contributed by atoms with E-state index in [1.54, 1.807) is 6.92 Å². The third kappa shape index (κ3) is 5.35. The molecular weight excluding hydrogens is 501 g/mol. The van der Waals surface area contributed by atoms with Gasteiger partial charge in [0.05, 0.1) is 28.6 Å². The topological polar surface area (TPSA) is 129 Å². The van der Waals surface area contributed by atoms with Crippen molar-refractivity contribution in [3.05, 3.63) is 29.1 Å². The number of benzene rings is 1. The van der Waals surface area contributed by atoms with Crippen LogP contribution in [0.25, 0.3) is 0 Å². The SMILES string of the molecule is CC1(CNC(=O)[C@H]2[C@H]3CC[C@H](C3)[C@H]2NC(=O)c2cc(O[C@H]3CC[C@@](C)(C(=O)O)CC3)c(C#N)cc2F)CCC1. The Bertz CT molecular complexity index is 1200. The first-order valence-electron chi connectivity index (χ1n) is 14.2. The molecule has 4 saturated carbocycles. The first-order valence-corrected chi connectivity index (χ1v) is 14.2. The van der Waals surface area contributed by atoms with Crippen LogP contribution in [0.15, 0.2) is 12.1 Å². The molecule has 1 aromatic carbocycles. The molecule has 4 atom stereocenters. The molecule has 4 aliphatic rings. The molecule has 9 heteroatoms. The minimum absolute atomic E-state index is 0.0164. The van der Waals surface area contributed by atoms with Crippen LogP contribution < -0.4 is 15.4 Å². The summed E-state index contributed by atoms with van der Waals surface area (Å²) in [5.74, 6) is -2.15. The predicted octanol–water partition coefficient (Wildman–Crippen LogP) is 4.56. The van der Waals surface area contributed by atoms with E-state index in [-0.39, 0.29) is 58.1 Å². The molecule has 4 aliphatic carbocycles. The summed E-state index contributed by atoms with van der Waals surface area (Å²) in [4.78, 5) is 38.1. The fourth-order valence-electron chi connectivity index (χ4n) is 7.13. The van der Waals surface area contributed by atoms with Gasteiger partial charge in [0.25, 0.3) is 5.91 Å². The molecule has 0 radical (unpaired) electrons. The summed E-state index contributed by atoms with van der Waals surface area (Å²) >= 11 is 0. The van der Waals surface area contributed by atoms with Crippen LogP contribution in [-0.4, -0.2) is 41.6 Å². The molecule has 3 N–H and O–H groups in total. The quantitative estimate of drug-likeness (QED) is 0.444. The van der Waals surface area contributed by atoms with Crippen LogP contribution in [0.1, 0.15) is 94.0 Å². The number of hydrogen-bond donors (Lipinski definition) is 3. The van der Waals surface area contributed by atoms with Gasteiger partial charge in [0.15, 0.2) is 0 Å². The molecule has 5 rings (SSSR count). The Hall–Kier alpha value is -3.15. The molecule has 0 spiro atoms. The largest absolute Gasteiger partial charge is 0.489 e. The molecule has 0 saturated heterocycles. The number of rotatable bonds is 8. The van der Waals surface area contributed by atoms with Crippen molar-refractivity contribution in [3.63, 3.8) is 0 Å². The van der Waals surface area contributed by atoms with Crippen molar-refractivity contribution in [3.8, 4) is 11.8 Å². The molecular formula is C30H38FN3O5. The van der Waals surface area contributed by atoms with Crippen molar-refractivity contribution in [2.45, 2.75) is 90.2 Å². The predicted molar refractivity (Wildman–Crippen MR) is 140 cm³/mol. The zero-order chi connectivity index (χ0) is 27.9. The molecule has 210 valence electrons. The number of nitriles is 1. The fourth-order valence-corrected chi connectivity index (χ4v) is 7.13. The number of halogens is 1. The lowest BCUT2D eigenvalue weighted by Crippen LogP contribution is -2.51. The summed E-state index contributed by atoms with van der Waals surface area (Å²) < 4.78 is 21.1. The van der Waals surface area contributed by atoms with E-state index in [1.165, 1.54) is 12.5 Å². The number of carboxylic acid groups (broad SMARTS) is 1. The van der Waals surface area contributed by atoms with Gasteiger partial charge in [-0.1, -0.05) is 13.3 Å². The molecule has 2 bridgehead atoms. The Morgan fingerprint density at radius 1 is 1.10 bits per heavy atom. The van der Waals surface area contributed by atoms with Gasteiger partial charge in [-0.15, -0.1) is 0 Å². The Kier molecular flexibility index (Phi) is 7.34. The van der Waals surface area contributed by atoms with E-state index >= 15 is 4.39 Å². The number of carbonyl (C=O) groups excluding carboxylic acids is 2. The second-order valence-electron chi connectivity index (χ2n) is 12.9. The van der Waals surface area contributed by atoms with Gasteiger partial charge in [-0.25, -0.2) is 4.39 Å². The summed E-state index contributed by atoms with van der Waals surface area (Å²) in [5.41, 5.74) is -0.903. The lowest BCUT2D eigenvalue weighted by Gasteiger charge is -2.39. The third-order valence-electron chi connectivity index (χ3n) is 10.0. The van der Waals surface area contributed by atoms with Crippen molar-refractivity contribution in [2.75, 3.05) is 6.54 Å². The van der Waals surface area contributed by atoms with Crippen LogP contribution in [0.2, 0.25) is 0 Å². The van der Waals surface area contributed by atoms with Crippen LogP contribution in [0.3, 0.4) is 0 Å². The van der Waals surface area contributed by atoms with Gasteiger partial charge in [-0.2, -0.15) is 5.26 Å². The summed E-state index contributed by atoms with van der Waals surface area (Å²) in [6, 6.07) is 3.86. The monoisotopic (exact) mass is 539 g/mol. The maximum Gasteiger partial charge on any atom is 0.309 e. The summed E-state index contributed by atoms with van der Waals surface area (Å²) in [7, 11) is 0. The molecule has 4 fully saturated rings. The molecule has 39 heavy (non-hydrogen) atoms. The highest BCUT2D eigenvalue weighted by Crippen LogP contribution is 2.49. The maximum atomic E-state index is 15.0. The highest BCUT2D eigenvalue weighted by Gasteiger charge is 2.51. The first-order chi connectivity index (χ1) is 18.5. The number of nitrogens with one attached hydrogen (secondary N) is 2. The van der Waals surface area contributed by atoms with Gasteiger partial charge < -0.3 is 20.5 Å². The van der Waals surface area contributed by atoms with Crippen LogP contribution in [0.4, 0.5) is 4.39 Å². The zero-order valence-corrected chi connectivity index (χ0v) is 22.7. The second-order valence-corrected chi connectivity index (χ2v) is 12.9. The highest BCUT2D eigenvalue weighted by atomic mass is 19.1. The van der Waals surface area contributed by atoms with E-state index in [2.05, 4.69) is 17.6 Å². The molecule has 8 nitrogen and oxygen atoms in total. The van der Waals surface area contributed by atoms with E-state index in [1.807, 2.05) is 6.07 Å². The summed E-state index contributed by atoms with van der Waals surface area (Å²) in [6.45, 7) is 4.53. The lowest BCUT2D eigenvalue weighted by atomic mass is 9.70. The number of hydrogen-bond acceptors (Lipinski definition) is 5. The average molecular weight is 540 g/mol. The highest BCUT2D eigenvalue weighted by molar-refractivity contribution is 5.96. The molecule has 0 heterocycles. The lowest BCUT2D eigenvalue weighted by molar-refractivity contribution is -0.150. The van der Waals surface area contributed by atoms with Crippen LogP contribution >= 0.6 is 0 Å². The van der Waals surface area contributed by atoms with Crippen LogP contribution in [0, 0.1) is 45.7 Å². The Labute approximate surface area is 228 Å². The van der Waals surface area contributed by atoms with E-state index in [0.717, 1.165) is 38.2 Å². The fraction of sp³-hybridized carbons (Fsp3) is 0.667. The van der Waals surface area contributed by atoms with Crippen LogP contribution in [-0.2, 0) is 9.59 Å². The normalized spacial score (nSPS) is 32.5. The minimum atomic E-state index is -0.843. The molecule has 2 amide bonds. The number of fused-ring (bicyclic) bond motifs is 2. The number of carbonyl (C=O) groups is 3. The number of aliphatic carboxylic acids is 1. The number of carboxylic acids is 1. The smallest absolute Gasteiger partial charge is 0.309 e. The van der Waals surface area contributed by atoms with Gasteiger partial charge in [0.2, 0.25) is 5.91 Å². The van der Waals surface area contributed by atoms with Crippen molar-refractivity contribution >= 4 is 17.8 Å². The van der Waals surface area contributed by atoms with Crippen molar-refractivity contribution in [1.29, 1.82) is 5.26 Å². The first kappa shape index (κ1) is 27.4. The van der Waals surface area contributed by atoms with Crippen LogP contribution in [0.5, 0.6) is 5.75 Å². The second kappa shape index (κ2) is 10.4. The maximum absolute atomic E-state index is 15.0. The Morgan fingerprint density at radius 3 is 2.41 bits per heavy atom. The molecule has 0 aliphatic heterocycles. The molecule has 0 unspecified atom stereocenters. The zero-order valence-electron chi connectivity index (χ0n) is 22.7. The van der Waals surface area contributed by atoms with E-state index in [0.29, 0.717) is 32.2 Å². The van der Waals surface area contributed by atoms with E-state index in [9.17, 15) is 24.8 Å². The van der Waals surface area contributed by atoms with Gasteiger partial charge in [-0.3, -0.25) is 14.4 Å². The van der Waals surface area contributed by atoms with Crippen molar-refractivity contribution < 1.29 is 28.6 Å². The molecule has 0 aromatic heterocycles. The van der Waals surface area contributed by atoms with Gasteiger partial charge in [-0.05, 0) is 94.1 Å². The van der Waals surface area contributed by atoms with Crippen molar-refractivity contribution in [1.82, 2.24) is 10.6 Å². The molecule has 1 aromatic rings. The minimum Gasteiger partial charge on any atom is -0.489 e. The number of amides is 2. The van der Waals surface area contributed by atoms with E-state index in [4.69, 9.17) is 4.74 Å². The summed E-state index contributed by atoms with van der Waals surface area (Å²) in [6.07, 6.45) is 7.63. The number of ether oxygens (including phenoxy) is 1. The van der Waals surface area contributed by atoms with Gasteiger partial charge >= 0.3 is 5.97 Å². The van der Waals surface area contributed by atoms with Gasteiger partial charge in [0, 0.05) is 12.6 Å². The average Bonchev–Trinajstić information content (AvgIpc) is 3.50. The Balaban J connectivity index is 1.28. The van der Waals surface area contributed by atoms with E-state index < -0.39 is 23.1 Å². The third-order valence-corrected chi connectivity index (χ3v) is 10.0. The van der Waals surface area contributed by atoms with Gasteiger partial charge in [0.1, 0.15) is 17.6 Å². The number of nitrogens with zero attached hydrogens (tertiary/aromatic N) is 1. The van der Waals surface area contributed by atoms with Crippen molar-refractivity contribution in [2.24, 2.45) is 28.6 Å². The summed E-state index contributed by atoms with van der Waals surface area (Å²) in [5, 5.41) is 25.1.